The molecule has 1 saturated heterocycles. The second-order valence-corrected chi connectivity index (χ2v) is 12.6. The molecule has 0 N–H and O–H groups in total. The average Bonchev–Trinajstić information content (AvgIpc) is 3.62. The van der Waals surface area contributed by atoms with E-state index in [2.05, 4.69) is 31.2 Å². The maximum Gasteiger partial charge on any atom is 0.296 e. The molecule has 1 aliphatic rings. The summed E-state index contributed by atoms with van der Waals surface area (Å²) in [5.74, 6) is 0.663. The number of aromatic nitrogens is 4. The number of amides is 1. The van der Waals surface area contributed by atoms with Crippen LogP contribution < -0.4 is 10.5 Å². The molecule has 0 aliphatic carbocycles. The third-order valence-electron chi connectivity index (χ3n) is 7.03. The summed E-state index contributed by atoms with van der Waals surface area (Å²) in [6, 6.07) is 27.5. The van der Waals surface area contributed by atoms with E-state index in [1.54, 1.807) is 28.2 Å². The number of nitrogens with zero attached hydrogens (tertiary/aromatic N) is 5. The first-order valence-electron chi connectivity index (χ1n) is 13.4. The van der Waals surface area contributed by atoms with E-state index in [4.69, 9.17) is 17.3 Å². The van der Waals surface area contributed by atoms with E-state index in [0.29, 0.717) is 20.6 Å². The smallest absolute Gasteiger partial charge is 0.283 e. The monoisotopic (exact) mass is 609 g/mol. The molecule has 3 aromatic carbocycles. The lowest BCUT2D eigenvalue weighted by Gasteiger charge is -2.12. The predicted molar refractivity (Wildman–Crippen MR) is 177 cm³/mol. The van der Waals surface area contributed by atoms with Gasteiger partial charge in [-0.1, -0.05) is 79.4 Å². The SMILES string of the molecule is CCSc1ccc(-c2nn(-c3ccccc3)cc2C=C2SC(=S)N(c3c(C)n(C)n(-c4ccccc4)c3=O)C2=O)cc1. The van der Waals surface area contributed by atoms with Crippen LogP contribution in [0.5, 0.6) is 0 Å². The van der Waals surface area contributed by atoms with Crippen molar-refractivity contribution in [3.05, 3.63) is 118 Å². The van der Waals surface area contributed by atoms with Crippen molar-refractivity contribution in [2.45, 2.75) is 18.7 Å². The summed E-state index contributed by atoms with van der Waals surface area (Å²) in [5.41, 5.74) is 4.69. The minimum Gasteiger partial charge on any atom is -0.283 e. The lowest BCUT2D eigenvalue weighted by atomic mass is 10.1. The third kappa shape index (κ3) is 5.06. The summed E-state index contributed by atoms with van der Waals surface area (Å²) in [6.07, 6.45) is 3.74. The van der Waals surface area contributed by atoms with Crippen LogP contribution >= 0.6 is 35.7 Å². The van der Waals surface area contributed by atoms with Crippen molar-refractivity contribution in [3.8, 4) is 22.6 Å². The molecule has 0 bridgehead atoms. The largest absolute Gasteiger partial charge is 0.296 e. The number of benzene rings is 3. The molecule has 7 nitrogen and oxygen atoms in total. The molecule has 2 aromatic heterocycles. The fourth-order valence-corrected chi connectivity index (χ4v) is 6.84. The van der Waals surface area contributed by atoms with Gasteiger partial charge in [-0.15, -0.1) is 11.8 Å². The molecule has 0 spiro atoms. The first kappa shape index (κ1) is 28.0. The average molecular weight is 610 g/mol. The number of thioether (sulfide) groups is 2. The van der Waals surface area contributed by atoms with Crippen LogP contribution in [0.4, 0.5) is 5.69 Å². The number of carbonyl (C=O) groups is 1. The van der Waals surface area contributed by atoms with Gasteiger partial charge in [-0.25, -0.2) is 9.36 Å². The molecular weight excluding hydrogens is 583 g/mol. The van der Waals surface area contributed by atoms with Crippen LogP contribution in [0.2, 0.25) is 0 Å². The number of para-hydroxylation sites is 2. The molecule has 3 heterocycles. The zero-order valence-electron chi connectivity index (χ0n) is 23.2. The number of carbonyl (C=O) groups excluding carboxylic acids is 1. The van der Waals surface area contributed by atoms with Crippen molar-refractivity contribution in [1.82, 2.24) is 19.1 Å². The van der Waals surface area contributed by atoms with E-state index < -0.39 is 0 Å². The Morgan fingerprint density at radius 3 is 2.21 bits per heavy atom. The molecule has 10 heteroatoms. The fourth-order valence-electron chi connectivity index (χ4n) is 4.92. The van der Waals surface area contributed by atoms with Crippen molar-refractivity contribution in [2.24, 2.45) is 7.05 Å². The van der Waals surface area contributed by atoms with E-state index in [9.17, 15) is 9.59 Å². The quantitative estimate of drug-likeness (QED) is 0.114. The Morgan fingerprint density at radius 1 is 0.929 bits per heavy atom. The Bertz CT molecular complexity index is 1890. The summed E-state index contributed by atoms with van der Waals surface area (Å²) in [4.78, 5) is 30.5. The first-order valence-corrected chi connectivity index (χ1v) is 15.6. The van der Waals surface area contributed by atoms with Crippen molar-refractivity contribution in [1.29, 1.82) is 0 Å². The van der Waals surface area contributed by atoms with Crippen LogP contribution in [0.15, 0.2) is 106 Å². The van der Waals surface area contributed by atoms with Crippen LogP contribution in [0.25, 0.3) is 28.7 Å². The van der Waals surface area contributed by atoms with Crippen molar-refractivity contribution < 1.29 is 4.79 Å². The predicted octanol–water partition coefficient (Wildman–Crippen LogP) is 6.85. The zero-order valence-corrected chi connectivity index (χ0v) is 25.7. The van der Waals surface area contributed by atoms with E-state index in [1.807, 2.05) is 84.5 Å². The first-order chi connectivity index (χ1) is 20.4. The van der Waals surface area contributed by atoms with Gasteiger partial charge in [0.25, 0.3) is 11.5 Å². The molecule has 42 heavy (non-hydrogen) atoms. The maximum atomic E-state index is 13.9. The summed E-state index contributed by atoms with van der Waals surface area (Å²) in [5, 5.41) is 4.91. The summed E-state index contributed by atoms with van der Waals surface area (Å²) >= 11 is 8.64. The summed E-state index contributed by atoms with van der Waals surface area (Å²) in [7, 11) is 1.80. The van der Waals surface area contributed by atoms with Gasteiger partial charge in [-0.3, -0.25) is 19.2 Å². The van der Waals surface area contributed by atoms with Gasteiger partial charge >= 0.3 is 0 Å². The van der Waals surface area contributed by atoms with Crippen LogP contribution in [0.3, 0.4) is 0 Å². The van der Waals surface area contributed by atoms with E-state index in [1.165, 1.54) is 21.6 Å². The van der Waals surface area contributed by atoms with Crippen LogP contribution in [0, 0.1) is 6.92 Å². The van der Waals surface area contributed by atoms with E-state index in [0.717, 1.165) is 28.3 Å². The van der Waals surface area contributed by atoms with Gasteiger partial charge in [0.2, 0.25) is 0 Å². The number of hydrogen-bond acceptors (Lipinski definition) is 6. The number of anilines is 1. The van der Waals surface area contributed by atoms with Gasteiger partial charge in [0, 0.05) is 29.3 Å². The molecule has 1 amide bonds. The third-order valence-corrected chi connectivity index (χ3v) is 9.23. The topological polar surface area (TPSA) is 65.1 Å². The lowest BCUT2D eigenvalue weighted by molar-refractivity contribution is -0.113. The van der Waals surface area contributed by atoms with Crippen molar-refractivity contribution in [3.63, 3.8) is 0 Å². The van der Waals surface area contributed by atoms with Gasteiger partial charge in [0.15, 0.2) is 4.32 Å². The van der Waals surface area contributed by atoms with Crippen molar-refractivity contribution in [2.75, 3.05) is 10.7 Å². The Balaban J connectivity index is 1.42. The number of hydrogen-bond donors (Lipinski definition) is 0. The number of thiocarbonyl (C=S) groups is 1. The molecule has 6 rings (SSSR count). The normalized spacial score (nSPS) is 14.4. The van der Waals surface area contributed by atoms with Crippen LogP contribution in [0.1, 0.15) is 18.2 Å². The minimum atomic E-state index is -0.330. The van der Waals surface area contributed by atoms with E-state index >= 15 is 0 Å². The number of rotatable bonds is 7. The van der Waals surface area contributed by atoms with Crippen molar-refractivity contribution >= 4 is 57.7 Å². The second-order valence-electron chi connectivity index (χ2n) is 9.60. The molecule has 0 unspecified atom stereocenters. The van der Waals surface area contributed by atoms with E-state index in [-0.39, 0.29) is 17.2 Å². The molecule has 1 fully saturated rings. The summed E-state index contributed by atoms with van der Waals surface area (Å²) in [6.45, 7) is 3.95. The molecule has 5 aromatic rings. The minimum absolute atomic E-state index is 0.261. The van der Waals surface area contributed by atoms with Crippen LogP contribution in [-0.4, -0.2) is 35.1 Å². The van der Waals surface area contributed by atoms with Gasteiger partial charge in [0.1, 0.15) is 5.69 Å². The second kappa shape index (κ2) is 11.6. The Morgan fingerprint density at radius 2 is 1.57 bits per heavy atom. The Kier molecular flexibility index (Phi) is 7.76. The standard InChI is InChI=1S/C32H27N5O2S3/c1-4-41-26-17-15-22(16-18-26)28-23(20-35(33-28)24-11-7-5-8-12-24)19-27-30(38)36(32(40)42-27)29-21(2)34(3)37(31(29)39)25-13-9-6-10-14-25/h5-20H,4H2,1-3H3. The highest BCUT2D eigenvalue weighted by Crippen LogP contribution is 2.38. The molecule has 1 aliphatic heterocycles. The highest BCUT2D eigenvalue weighted by Gasteiger charge is 2.38. The maximum absolute atomic E-state index is 13.9. The van der Waals surface area contributed by atoms with Gasteiger partial charge in [-0.05, 0) is 55.2 Å². The molecule has 0 saturated carbocycles. The summed E-state index contributed by atoms with van der Waals surface area (Å²) < 4.78 is 5.43. The van der Waals surface area contributed by atoms with Crippen LogP contribution in [-0.2, 0) is 11.8 Å². The Labute approximate surface area is 257 Å². The highest BCUT2D eigenvalue weighted by molar-refractivity contribution is 8.27. The molecule has 0 atom stereocenters. The Hall–Kier alpha value is -4.12. The highest BCUT2D eigenvalue weighted by atomic mass is 32.2. The van der Waals surface area contributed by atoms with Gasteiger partial charge in [-0.2, -0.15) is 5.10 Å². The lowest BCUT2D eigenvalue weighted by Crippen LogP contribution is -2.33. The van der Waals surface area contributed by atoms with Gasteiger partial charge in [0.05, 0.1) is 27.7 Å². The molecule has 210 valence electrons. The van der Waals surface area contributed by atoms with Gasteiger partial charge < -0.3 is 0 Å². The zero-order chi connectivity index (χ0) is 29.4. The molecular formula is C32H27N5O2S3. The fraction of sp³-hybridized carbons (Fsp3) is 0.125. The molecule has 0 radical (unpaired) electrons.